The van der Waals surface area contributed by atoms with Gasteiger partial charge in [-0.15, -0.1) is 0 Å². The van der Waals surface area contributed by atoms with Gasteiger partial charge in [-0.25, -0.2) is 8.78 Å². The minimum atomic E-state index is -1.12. The Labute approximate surface area is 122 Å². The first-order chi connectivity index (χ1) is 9.92. The molecule has 0 aliphatic carbocycles. The lowest BCUT2D eigenvalue weighted by atomic mass is 9.84. The molecule has 21 heavy (non-hydrogen) atoms. The summed E-state index contributed by atoms with van der Waals surface area (Å²) in [4.78, 5) is 12.0. The fraction of sp³-hybridized carbons (Fsp3) is 0.235. The summed E-state index contributed by atoms with van der Waals surface area (Å²) in [5.74, 6) is -2.76. The maximum atomic E-state index is 13.6. The molecule has 2 rings (SSSR count). The highest BCUT2D eigenvalue weighted by Gasteiger charge is 2.22. The Bertz CT molecular complexity index is 638. The smallest absolute Gasteiger partial charge is 0.254 e. The molecule has 0 aliphatic rings. The zero-order valence-electron chi connectivity index (χ0n) is 12.0. The van der Waals surface area contributed by atoms with Gasteiger partial charge in [0.05, 0.1) is 5.56 Å². The van der Waals surface area contributed by atoms with Crippen LogP contribution in [0.25, 0.3) is 0 Å². The fourth-order valence-electron chi connectivity index (χ4n) is 2.07. The van der Waals surface area contributed by atoms with Gasteiger partial charge in [-0.2, -0.15) is 0 Å². The molecular formula is C17H17F2NO. The first-order valence-electron chi connectivity index (χ1n) is 6.69. The topological polar surface area (TPSA) is 29.1 Å². The third-order valence-electron chi connectivity index (χ3n) is 3.44. The number of amides is 1. The van der Waals surface area contributed by atoms with Crippen LogP contribution in [-0.2, 0) is 5.41 Å². The number of carbonyl (C=O) groups is 1. The number of hydrogen-bond donors (Lipinski definition) is 1. The van der Waals surface area contributed by atoms with Crippen molar-refractivity contribution in [2.75, 3.05) is 6.54 Å². The zero-order valence-corrected chi connectivity index (χ0v) is 12.0. The van der Waals surface area contributed by atoms with E-state index < -0.39 is 17.5 Å². The minimum Gasteiger partial charge on any atom is -0.351 e. The second-order valence-corrected chi connectivity index (χ2v) is 5.53. The third-order valence-corrected chi connectivity index (χ3v) is 3.44. The zero-order chi connectivity index (χ0) is 15.5. The average molecular weight is 289 g/mol. The van der Waals surface area contributed by atoms with Gasteiger partial charge in [0, 0.05) is 12.0 Å². The van der Waals surface area contributed by atoms with Gasteiger partial charge >= 0.3 is 0 Å². The van der Waals surface area contributed by atoms with Crippen molar-refractivity contribution >= 4 is 5.91 Å². The van der Waals surface area contributed by atoms with Gasteiger partial charge < -0.3 is 5.32 Å². The van der Waals surface area contributed by atoms with Gasteiger partial charge in [0.15, 0.2) is 11.6 Å². The van der Waals surface area contributed by atoms with Crippen LogP contribution in [0.4, 0.5) is 8.78 Å². The number of halogens is 2. The van der Waals surface area contributed by atoms with Crippen molar-refractivity contribution in [1.82, 2.24) is 5.32 Å². The molecule has 2 nitrogen and oxygen atoms in total. The van der Waals surface area contributed by atoms with Crippen LogP contribution in [0.3, 0.4) is 0 Å². The first-order valence-corrected chi connectivity index (χ1v) is 6.69. The summed E-state index contributed by atoms with van der Waals surface area (Å²) in [6, 6.07) is 13.3. The Morgan fingerprint density at radius 1 is 1.05 bits per heavy atom. The molecule has 4 heteroatoms. The molecule has 1 amide bonds. The lowest BCUT2D eigenvalue weighted by molar-refractivity contribution is 0.0940. The molecule has 0 bridgehead atoms. The fourth-order valence-corrected chi connectivity index (χ4v) is 2.07. The van der Waals surface area contributed by atoms with Gasteiger partial charge in [-0.3, -0.25) is 4.79 Å². The Hall–Kier alpha value is -2.23. The van der Waals surface area contributed by atoms with E-state index in [1.54, 1.807) is 0 Å². The van der Waals surface area contributed by atoms with E-state index in [0.717, 1.165) is 11.6 Å². The number of rotatable bonds is 4. The summed E-state index contributed by atoms with van der Waals surface area (Å²) >= 11 is 0. The molecule has 2 aromatic carbocycles. The molecule has 2 aromatic rings. The van der Waals surface area contributed by atoms with E-state index in [0.29, 0.717) is 6.54 Å². The normalized spacial score (nSPS) is 11.2. The SMILES string of the molecule is CC(C)(CNC(=O)c1cccc(F)c1F)c1ccccc1. The summed E-state index contributed by atoms with van der Waals surface area (Å²) in [6.45, 7) is 4.28. The van der Waals surface area contributed by atoms with Crippen LogP contribution in [0.15, 0.2) is 48.5 Å². The van der Waals surface area contributed by atoms with Crippen molar-refractivity contribution in [2.24, 2.45) is 0 Å². The van der Waals surface area contributed by atoms with Crippen molar-refractivity contribution in [3.8, 4) is 0 Å². The molecule has 0 saturated heterocycles. The summed E-state index contributed by atoms with van der Waals surface area (Å²) in [5, 5.41) is 2.66. The summed E-state index contributed by atoms with van der Waals surface area (Å²) in [6.07, 6.45) is 0. The maximum Gasteiger partial charge on any atom is 0.254 e. The van der Waals surface area contributed by atoms with Crippen LogP contribution in [-0.4, -0.2) is 12.5 Å². The molecule has 0 saturated carbocycles. The minimum absolute atomic E-state index is 0.279. The van der Waals surface area contributed by atoms with E-state index in [1.165, 1.54) is 12.1 Å². The third kappa shape index (κ3) is 3.45. The van der Waals surface area contributed by atoms with Crippen LogP contribution in [0, 0.1) is 11.6 Å². The van der Waals surface area contributed by atoms with Gasteiger partial charge in [0.25, 0.3) is 5.91 Å². The van der Waals surface area contributed by atoms with E-state index >= 15 is 0 Å². The second-order valence-electron chi connectivity index (χ2n) is 5.53. The highest BCUT2D eigenvalue weighted by atomic mass is 19.2. The van der Waals surface area contributed by atoms with E-state index in [2.05, 4.69) is 5.32 Å². The number of nitrogens with one attached hydrogen (secondary N) is 1. The van der Waals surface area contributed by atoms with Crippen molar-refractivity contribution in [2.45, 2.75) is 19.3 Å². The highest BCUT2D eigenvalue weighted by Crippen LogP contribution is 2.22. The molecule has 0 atom stereocenters. The van der Waals surface area contributed by atoms with E-state index in [9.17, 15) is 13.6 Å². The molecule has 0 unspecified atom stereocenters. The van der Waals surface area contributed by atoms with Crippen molar-refractivity contribution in [1.29, 1.82) is 0 Å². The van der Waals surface area contributed by atoms with Crippen molar-refractivity contribution in [3.63, 3.8) is 0 Å². The molecular weight excluding hydrogens is 272 g/mol. The standard InChI is InChI=1S/C17H17F2NO/c1-17(2,12-7-4-3-5-8-12)11-20-16(21)13-9-6-10-14(18)15(13)19/h3-10H,11H2,1-2H3,(H,20,21). The van der Waals surface area contributed by atoms with E-state index in [4.69, 9.17) is 0 Å². The highest BCUT2D eigenvalue weighted by molar-refractivity contribution is 5.94. The van der Waals surface area contributed by atoms with E-state index in [1.807, 2.05) is 44.2 Å². The summed E-state index contributed by atoms with van der Waals surface area (Å²) < 4.78 is 26.7. The van der Waals surface area contributed by atoms with E-state index in [-0.39, 0.29) is 11.0 Å². The molecule has 110 valence electrons. The molecule has 0 heterocycles. The van der Waals surface area contributed by atoms with Gasteiger partial charge in [0.2, 0.25) is 0 Å². The molecule has 0 aromatic heterocycles. The monoisotopic (exact) mass is 289 g/mol. The molecule has 0 spiro atoms. The Balaban J connectivity index is 2.09. The van der Waals surface area contributed by atoms with Gasteiger partial charge in [-0.1, -0.05) is 50.2 Å². The summed E-state index contributed by atoms with van der Waals surface area (Å²) in [7, 11) is 0. The molecule has 1 N–H and O–H groups in total. The first kappa shape index (κ1) is 15.2. The largest absolute Gasteiger partial charge is 0.351 e. The van der Waals surface area contributed by atoms with Crippen molar-refractivity contribution < 1.29 is 13.6 Å². The lowest BCUT2D eigenvalue weighted by Crippen LogP contribution is -2.37. The number of hydrogen-bond acceptors (Lipinski definition) is 1. The predicted octanol–water partition coefficient (Wildman–Crippen LogP) is 3.67. The predicted molar refractivity (Wildman–Crippen MR) is 78.2 cm³/mol. The lowest BCUT2D eigenvalue weighted by Gasteiger charge is -2.25. The van der Waals surface area contributed by atoms with Crippen molar-refractivity contribution in [3.05, 3.63) is 71.3 Å². The van der Waals surface area contributed by atoms with Crippen LogP contribution in [0.2, 0.25) is 0 Å². The summed E-state index contributed by atoms with van der Waals surface area (Å²) in [5.41, 5.74) is 0.477. The Morgan fingerprint density at radius 3 is 2.38 bits per heavy atom. The van der Waals surface area contributed by atoms with Crippen LogP contribution in [0.5, 0.6) is 0 Å². The van der Waals surface area contributed by atoms with Crippen LogP contribution < -0.4 is 5.32 Å². The Kier molecular flexibility index (Phi) is 4.36. The molecule has 0 fully saturated rings. The molecule has 0 radical (unpaired) electrons. The maximum absolute atomic E-state index is 13.6. The number of carbonyl (C=O) groups excluding carboxylic acids is 1. The van der Waals surface area contributed by atoms with Gasteiger partial charge in [-0.05, 0) is 17.7 Å². The molecule has 0 aliphatic heterocycles. The average Bonchev–Trinajstić information content (AvgIpc) is 2.49. The Morgan fingerprint density at radius 2 is 1.71 bits per heavy atom. The van der Waals surface area contributed by atoms with Crippen LogP contribution >= 0.6 is 0 Å². The number of benzene rings is 2. The second kappa shape index (κ2) is 6.04. The van der Waals surface area contributed by atoms with Crippen LogP contribution in [0.1, 0.15) is 29.8 Å². The van der Waals surface area contributed by atoms with Gasteiger partial charge in [0.1, 0.15) is 0 Å². The quantitative estimate of drug-likeness (QED) is 0.914.